The topological polar surface area (TPSA) is 46.2 Å². The Morgan fingerprint density at radius 2 is 1.62 bits per heavy atom. The number of alkyl halides is 5. The lowest BCUT2D eigenvalue weighted by molar-refractivity contribution is -0.349. The molecule has 0 aromatic heterocycles. The maximum Gasteiger partial charge on any atom is 0.456 e. The second-order valence-corrected chi connectivity index (χ2v) is 3.85. The van der Waals surface area contributed by atoms with Crippen LogP contribution in [0.25, 0.3) is 0 Å². The molecule has 1 rings (SSSR count). The van der Waals surface area contributed by atoms with E-state index in [9.17, 15) is 27.1 Å². The maximum absolute atomic E-state index is 13.0. The van der Waals surface area contributed by atoms with Crippen LogP contribution in [0.3, 0.4) is 0 Å². The van der Waals surface area contributed by atoms with Gasteiger partial charge in [0.1, 0.15) is 0 Å². The van der Waals surface area contributed by atoms with Crippen LogP contribution in [-0.2, 0) is 0 Å². The third-order valence-electron chi connectivity index (χ3n) is 2.84. The van der Waals surface area contributed by atoms with Crippen LogP contribution in [0.1, 0.15) is 25.7 Å². The average molecular weight is 270 g/mol. The standard InChI is InChI=1S/C8H12F5NO.ClH/c9-7(10,8(11,12)13)6(15)4-2-1-3-5(6)14;/h5,15H,1-4,14H2;1H. The highest BCUT2D eigenvalue weighted by atomic mass is 35.5. The van der Waals surface area contributed by atoms with Gasteiger partial charge in [0.2, 0.25) is 0 Å². The SMILES string of the molecule is Cl.NC1CCCCC1(O)C(F)(F)C(F)(F)F. The molecule has 0 saturated heterocycles. The molecule has 3 N–H and O–H groups in total. The summed E-state index contributed by atoms with van der Waals surface area (Å²) in [4.78, 5) is 0. The van der Waals surface area contributed by atoms with E-state index in [4.69, 9.17) is 5.73 Å². The molecular weight excluding hydrogens is 257 g/mol. The quantitative estimate of drug-likeness (QED) is 0.717. The molecule has 1 aliphatic rings. The molecule has 0 radical (unpaired) electrons. The summed E-state index contributed by atoms with van der Waals surface area (Å²) in [5.74, 6) is -5.15. The lowest BCUT2D eigenvalue weighted by atomic mass is 9.76. The molecule has 0 aliphatic heterocycles. The molecular formula is C8H13ClF5NO. The molecule has 1 aliphatic carbocycles. The van der Waals surface area contributed by atoms with Crippen LogP contribution < -0.4 is 5.73 Å². The summed E-state index contributed by atoms with van der Waals surface area (Å²) in [6, 6.07) is -1.54. The zero-order valence-corrected chi connectivity index (χ0v) is 9.04. The molecule has 0 bridgehead atoms. The first-order chi connectivity index (χ1) is 6.63. The Morgan fingerprint density at radius 1 is 1.12 bits per heavy atom. The fourth-order valence-electron chi connectivity index (χ4n) is 1.82. The molecule has 16 heavy (non-hydrogen) atoms. The average Bonchev–Trinajstić information content (AvgIpc) is 2.08. The molecule has 0 aromatic rings. The van der Waals surface area contributed by atoms with Crippen LogP contribution in [0.15, 0.2) is 0 Å². The highest BCUT2D eigenvalue weighted by Crippen LogP contribution is 2.48. The van der Waals surface area contributed by atoms with E-state index in [-0.39, 0.29) is 25.2 Å². The predicted octanol–water partition coefficient (Wildman–Crippen LogP) is 2.24. The Kier molecular flexibility index (Phi) is 4.58. The number of halogens is 6. The molecule has 0 heterocycles. The van der Waals surface area contributed by atoms with Crippen molar-refractivity contribution in [2.45, 2.75) is 49.4 Å². The van der Waals surface area contributed by atoms with Gasteiger partial charge in [-0.1, -0.05) is 12.8 Å². The van der Waals surface area contributed by atoms with Crippen molar-refractivity contribution in [3.63, 3.8) is 0 Å². The van der Waals surface area contributed by atoms with E-state index in [0.29, 0.717) is 6.42 Å². The Hall–Kier alpha value is -0.140. The molecule has 8 heteroatoms. The number of nitrogens with two attached hydrogens (primary N) is 1. The Bertz CT molecular complexity index is 247. The van der Waals surface area contributed by atoms with Crippen LogP contribution in [0.4, 0.5) is 22.0 Å². The Labute approximate surface area is 95.4 Å². The second kappa shape index (κ2) is 4.62. The van der Waals surface area contributed by atoms with Gasteiger partial charge in [0.15, 0.2) is 5.60 Å². The molecule has 0 spiro atoms. The van der Waals surface area contributed by atoms with E-state index < -0.39 is 30.2 Å². The number of rotatable bonds is 1. The van der Waals surface area contributed by atoms with Crippen molar-refractivity contribution in [3.05, 3.63) is 0 Å². The van der Waals surface area contributed by atoms with Crippen molar-refractivity contribution in [2.24, 2.45) is 5.73 Å². The predicted molar refractivity (Wildman–Crippen MR) is 49.6 cm³/mol. The number of hydrogen-bond donors (Lipinski definition) is 2. The van der Waals surface area contributed by atoms with Crippen molar-refractivity contribution < 1.29 is 27.1 Å². The molecule has 2 unspecified atom stereocenters. The van der Waals surface area contributed by atoms with Gasteiger partial charge in [-0.25, -0.2) is 0 Å². The van der Waals surface area contributed by atoms with Gasteiger partial charge in [-0.3, -0.25) is 0 Å². The summed E-state index contributed by atoms with van der Waals surface area (Å²) in [6.45, 7) is 0. The van der Waals surface area contributed by atoms with Gasteiger partial charge in [0, 0.05) is 6.04 Å². The first kappa shape index (κ1) is 15.9. The third-order valence-corrected chi connectivity index (χ3v) is 2.84. The van der Waals surface area contributed by atoms with E-state index in [1.807, 2.05) is 0 Å². The van der Waals surface area contributed by atoms with Gasteiger partial charge in [-0.15, -0.1) is 12.4 Å². The molecule has 2 nitrogen and oxygen atoms in total. The molecule has 0 aromatic carbocycles. The van der Waals surface area contributed by atoms with Crippen molar-refractivity contribution in [1.29, 1.82) is 0 Å². The molecule has 98 valence electrons. The fraction of sp³-hybridized carbons (Fsp3) is 1.00. The van der Waals surface area contributed by atoms with Crippen LogP contribution in [0.2, 0.25) is 0 Å². The van der Waals surface area contributed by atoms with Gasteiger partial charge in [-0.05, 0) is 12.8 Å². The fourth-order valence-corrected chi connectivity index (χ4v) is 1.82. The highest BCUT2D eigenvalue weighted by Gasteiger charge is 2.71. The lowest BCUT2D eigenvalue weighted by Crippen LogP contribution is -2.66. The van der Waals surface area contributed by atoms with Crippen molar-refractivity contribution in [3.8, 4) is 0 Å². The van der Waals surface area contributed by atoms with E-state index >= 15 is 0 Å². The van der Waals surface area contributed by atoms with E-state index in [0.717, 1.165) is 0 Å². The van der Waals surface area contributed by atoms with Gasteiger partial charge in [-0.2, -0.15) is 22.0 Å². The summed E-state index contributed by atoms with van der Waals surface area (Å²) >= 11 is 0. The van der Waals surface area contributed by atoms with E-state index in [1.54, 1.807) is 0 Å². The monoisotopic (exact) mass is 269 g/mol. The first-order valence-electron chi connectivity index (χ1n) is 4.55. The van der Waals surface area contributed by atoms with Gasteiger partial charge in [0.25, 0.3) is 0 Å². The minimum Gasteiger partial charge on any atom is -0.382 e. The first-order valence-corrected chi connectivity index (χ1v) is 4.55. The molecule has 2 atom stereocenters. The summed E-state index contributed by atoms with van der Waals surface area (Å²) in [5, 5.41) is 9.41. The van der Waals surface area contributed by atoms with Crippen molar-refractivity contribution in [2.75, 3.05) is 0 Å². The van der Waals surface area contributed by atoms with Crippen LogP contribution in [0, 0.1) is 0 Å². The van der Waals surface area contributed by atoms with Crippen LogP contribution >= 0.6 is 12.4 Å². The summed E-state index contributed by atoms with van der Waals surface area (Å²) in [6.07, 6.45) is -5.84. The number of aliphatic hydroxyl groups is 1. The molecule has 1 saturated carbocycles. The minimum atomic E-state index is -5.77. The zero-order chi connectivity index (χ0) is 11.9. The van der Waals surface area contributed by atoms with Crippen molar-refractivity contribution >= 4 is 12.4 Å². The summed E-state index contributed by atoms with van der Waals surface area (Å²) < 4.78 is 62.2. The maximum atomic E-state index is 13.0. The lowest BCUT2D eigenvalue weighted by Gasteiger charge is -2.43. The number of hydrogen-bond acceptors (Lipinski definition) is 2. The largest absolute Gasteiger partial charge is 0.456 e. The van der Waals surface area contributed by atoms with Crippen molar-refractivity contribution in [1.82, 2.24) is 0 Å². The summed E-state index contributed by atoms with van der Waals surface area (Å²) in [7, 11) is 0. The molecule has 0 amide bonds. The Morgan fingerprint density at radius 3 is 2.00 bits per heavy atom. The third kappa shape index (κ3) is 2.26. The van der Waals surface area contributed by atoms with Gasteiger partial charge in [0.05, 0.1) is 0 Å². The van der Waals surface area contributed by atoms with Crippen LogP contribution in [0.5, 0.6) is 0 Å². The normalized spacial score (nSPS) is 32.1. The minimum absolute atomic E-state index is 0. The smallest absolute Gasteiger partial charge is 0.382 e. The highest BCUT2D eigenvalue weighted by molar-refractivity contribution is 5.85. The van der Waals surface area contributed by atoms with E-state index in [2.05, 4.69) is 0 Å². The zero-order valence-electron chi connectivity index (χ0n) is 8.23. The van der Waals surface area contributed by atoms with E-state index in [1.165, 1.54) is 0 Å². The molecule has 1 fully saturated rings. The van der Waals surface area contributed by atoms with Gasteiger partial charge < -0.3 is 10.8 Å². The Balaban J connectivity index is 0.00000225. The second-order valence-electron chi connectivity index (χ2n) is 3.85. The van der Waals surface area contributed by atoms with Gasteiger partial charge >= 0.3 is 12.1 Å². The summed E-state index contributed by atoms with van der Waals surface area (Å²) in [5.41, 5.74) is 2.00. The van der Waals surface area contributed by atoms with Crippen LogP contribution in [-0.4, -0.2) is 28.8 Å².